The monoisotopic (exact) mass is 163 g/mol. The Morgan fingerprint density at radius 2 is 2.30 bits per heavy atom. The standard InChI is InChI=1S/C7H13NO.ClH/c8-7-3-1-2-6(4-7)5-9;/h1,3,6-7,9H,2,4-5,8H2;1H/t6-,7+;/m0./s1. The Hall–Kier alpha value is -0.0500. The van der Waals surface area contributed by atoms with E-state index in [0.29, 0.717) is 5.92 Å². The number of hydrogen-bond acceptors (Lipinski definition) is 2. The van der Waals surface area contributed by atoms with Crippen molar-refractivity contribution in [3.8, 4) is 0 Å². The lowest BCUT2D eigenvalue weighted by atomic mass is 9.92. The summed E-state index contributed by atoms with van der Waals surface area (Å²) in [5, 5.41) is 8.72. The molecule has 0 aromatic carbocycles. The maximum atomic E-state index is 8.72. The van der Waals surface area contributed by atoms with Crippen molar-refractivity contribution in [2.75, 3.05) is 6.61 Å². The fourth-order valence-electron chi connectivity index (χ4n) is 1.15. The van der Waals surface area contributed by atoms with Gasteiger partial charge in [0.15, 0.2) is 0 Å². The molecule has 0 amide bonds. The van der Waals surface area contributed by atoms with Gasteiger partial charge >= 0.3 is 0 Å². The van der Waals surface area contributed by atoms with Crippen LogP contribution < -0.4 is 5.73 Å². The largest absolute Gasteiger partial charge is 0.396 e. The van der Waals surface area contributed by atoms with Gasteiger partial charge in [0.05, 0.1) is 0 Å². The topological polar surface area (TPSA) is 46.2 Å². The van der Waals surface area contributed by atoms with Crippen LogP contribution in [-0.2, 0) is 0 Å². The summed E-state index contributed by atoms with van der Waals surface area (Å²) in [6, 6.07) is 0.177. The number of aliphatic hydroxyl groups is 1. The molecule has 0 aromatic rings. The van der Waals surface area contributed by atoms with Crippen LogP contribution in [0.15, 0.2) is 12.2 Å². The van der Waals surface area contributed by atoms with Crippen molar-refractivity contribution in [3.63, 3.8) is 0 Å². The third-order valence-electron chi connectivity index (χ3n) is 1.72. The van der Waals surface area contributed by atoms with Crippen LogP contribution in [0.2, 0.25) is 0 Å². The van der Waals surface area contributed by atoms with E-state index in [9.17, 15) is 0 Å². The Bertz CT molecular complexity index is 116. The van der Waals surface area contributed by atoms with E-state index in [1.165, 1.54) is 0 Å². The van der Waals surface area contributed by atoms with Gasteiger partial charge in [0.2, 0.25) is 0 Å². The van der Waals surface area contributed by atoms with E-state index >= 15 is 0 Å². The molecule has 0 aliphatic heterocycles. The second-order valence-corrected chi connectivity index (χ2v) is 2.61. The van der Waals surface area contributed by atoms with Gasteiger partial charge in [0.25, 0.3) is 0 Å². The van der Waals surface area contributed by atoms with E-state index in [2.05, 4.69) is 6.08 Å². The molecule has 0 bridgehead atoms. The minimum Gasteiger partial charge on any atom is -0.396 e. The predicted molar refractivity (Wildman–Crippen MR) is 44.2 cm³/mol. The molecule has 2 nitrogen and oxygen atoms in total. The number of aliphatic hydroxyl groups excluding tert-OH is 1. The Kier molecular flexibility index (Phi) is 4.69. The van der Waals surface area contributed by atoms with Crippen molar-refractivity contribution < 1.29 is 5.11 Å². The zero-order valence-electron chi connectivity index (χ0n) is 5.86. The Labute approximate surface area is 67.5 Å². The van der Waals surface area contributed by atoms with Crippen LogP contribution in [0.3, 0.4) is 0 Å². The summed E-state index contributed by atoms with van der Waals surface area (Å²) in [6.45, 7) is 0.276. The van der Waals surface area contributed by atoms with E-state index < -0.39 is 0 Å². The number of allylic oxidation sites excluding steroid dienone is 1. The third kappa shape index (κ3) is 2.69. The summed E-state index contributed by atoms with van der Waals surface area (Å²) in [5.41, 5.74) is 5.60. The molecule has 0 radical (unpaired) electrons. The van der Waals surface area contributed by atoms with Crippen LogP contribution in [0.1, 0.15) is 12.8 Å². The highest BCUT2D eigenvalue weighted by atomic mass is 35.5. The number of halogens is 1. The van der Waals surface area contributed by atoms with Crippen LogP contribution in [0.25, 0.3) is 0 Å². The van der Waals surface area contributed by atoms with E-state index in [-0.39, 0.29) is 25.1 Å². The molecule has 0 spiro atoms. The van der Waals surface area contributed by atoms with Gasteiger partial charge in [-0.1, -0.05) is 12.2 Å². The zero-order valence-corrected chi connectivity index (χ0v) is 6.68. The number of rotatable bonds is 1. The van der Waals surface area contributed by atoms with Gasteiger partial charge in [-0.3, -0.25) is 0 Å². The number of nitrogens with two attached hydrogens (primary N) is 1. The van der Waals surface area contributed by atoms with Gasteiger partial charge in [0, 0.05) is 12.6 Å². The van der Waals surface area contributed by atoms with Crippen molar-refractivity contribution in [3.05, 3.63) is 12.2 Å². The van der Waals surface area contributed by atoms with E-state index in [0.717, 1.165) is 12.8 Å². The van der Waals surface area contributed by atoms with Crippen molar-refractivity contribution in [1.82, 2.24) is 0 Å². The molecule has 0 unspecified atom stereocenters. The van der Waals surface area contributed by atoms with Gasteiger partial charge in [-0.2, -0.15) is 0 Å². The molecule has 0 fully saturated rings. The fraction of sp³-hybridized carbons (Fsp3) is 0.714. The Morgan fingerprint density at radius 1 is 1.60 bits per heavy atom. The second kappa shape index (κ2) is 4.72. The first-order valence-electron chi connectivity index (χ1n) is 3.36. The van der Waals surface area contributed by atoms with Gasteiger partial charge < -0.3 is 10.8 Å². The zero-order chi connectivity index (χ0) is 6.69. The molecule has 3 heteroatoms. The van der Waals surface area contributed by atoms with Crippen molar-refractivity contribution in [2.45, 2.75) is 18.9 Å². The highest BCUT2D eigenvalue weighted by Crippen LogP contribution is 2.15. The molecular weight excluding hydrogens is 150 g/mol. The van der Waals surface area contributed by atoms with Crippen molar-refractivity contribution >= 4 is 12.4 Å². The summed E-state index contributed by atoms with van der Waals surface area (Å²) in [7, 11) is 0. The molecule has 60 valence electrons. The first-order valence-corrected chi connectivity index (χ1v) is 3.36. The molecule has 3 N–H and O–H groups in total. The first kappa shape index (κ1) is 9.95. The van der Waals surface area contributed by atoms with Crippen LogP contribution in [0.4, 0.5) is 0 Å². The Balaban J connectivity index is 0.000000810. The van der Waals surface area contributed by atoms with Gasteiger partial charge in [-0.15, -0.1) is 12.4 Å². The molecule has 1 aliphatic rings. The van der Waals surface area contributed by atoms with Crippen LogP contribution in [0.5, 0.6) is 0 Å². The highest BCUT2D eigenvalue weighted by Gasteiger charge is 2.12. The van der Waals surface area contributed by atoms with Crippen molar-refractivity contribution in [2.24, 2.45) is 11.7 Å². The molecule has 2 atom stereocenters. The molecule has 1 aliphatic carbocycles. The summed E-state index contributed by atoms with van der Waals surface area (Å²) in [5.74, 6) is 0.407. The van der Waals surface area contributed by atoms with Gasteiger partial charge in [0.1, 0.15) is 0 Å². The normalized spacial score (nSPS) is 31.4. The SMILES string of the molecule is Cl.N[C@@H]1C=CC[C@H](CO)C1. The molecule has 0 saturated heterocycles. The fourth-order valence-corrected chi connectivity index (χ4v) is 1.15. The Morgan fingerprint density at radius 3 is 2.70 bits per heavy atom. The van der Waals surface area contributed by atoms with Gasteiger partial charge in [-0.25, -0.2) is 0 Å². The van der Waals surface area contributed by atoms with E-state index in [1.807, 2.05) is 6.08 Å². The van der Waals surface area contributed by atoms with E-state index in [1.54, 1.807) is 0 Å². The quantitative estimate of drug-likeness (QED) is 0.559. The van der Waals surface area contributed by atoms with Crippen molar-refractivity contribution in [1.29, 1.82) is 0 Å². The van der Waals surface area contributed by atoms with Crippen LogP contribution in [-0.4, -0.2) is 17.8 Å². The molecule has 0 saturated carbocycles. The molecule has 10 heavy (non-hydrogen) atoms. The van der Waals surface area contributed by atoms with Crippen LogP contribution >= 0.6 is 12.4 Å². The lowest BCUT2D eigenvalue weighted by Crippen LogP contribution is -2.25. The summed E-state index contributed by atoms with van der Waals surface area (Å²) >= 11 is 0. The van der Waals surface area contributed by atoms with Crippen LogP contribution in [0, 0.1) is 5.92 Å². The lowest BCUT2D eigenvalue weighted by molar-refractivity contribution is 0.213. The summed E-state index contributed by atoms with van der Waals surface area (Å²) in [6.07, 6.45) is 5.98. The molecule has 0 heterocycles. The average molecular weight is 164 g/mol. The lowest BCUT2D eigenvalue weighted by Gasteiger charge is -2.19. The summed E-state index contributed by atoms with van der Waals surface area (Å²) in [4.78, 5) is 0. The predicted octanol–water partition coefficient (Wildman–Crippen LogP) is 0.694. The maximum absolute atomic E-state index is 8.72. The third-order valence-corrected chi connectivity index (χ3v) is 1.72. The minimum absolute atomic E-state index is 0. The molecular formula is C7H14ClNO. The first-order chi connectivity index (χ1) is 4.33. The molecule has 1 rings (SSSR count). The number of hydrogen-bond donors (Lipinski definition) is 2. The highest BCUT2D eigenvalue weighted by molar-refractivity contribution is 5.85. The van der Waals surface area contributed by atoms with Gasteiger partial charge in [-0.05, 0) is 18.8 Å². The second-order valence-electron chi connectivity index (χ2n) is 2.61. The molecule has 0 aromatic heterocycles. The average Bonchev–Trinajstić information content (AvgIpc) is 1.88. The van der Waals surface area contributed by atoms with E-state index in [4.69, 9.17) is 10.8 Å². The smallest absolute Gasteiger partial charge is 0.0462 e. The summed E-state index contributed by atoms with van der Waals surface area (Å²) < 4.78 is 0. The minimum atomic E-state index is 0. The maximum Gasteiger partial charge on any atom is 0.0462 e.